The van der Waals surface area contributed by atoms with E-state index in [9.17, 15) is 0 Å². The Morgan fingerprint density at radius 3 is 2.79 bits per heavy atom. The summed E-state index contributed by atoms with van der Waals surface area (Å²) in [5, 5.41) is 0. The highest BCUT2D eigenvalue weighted by atomic mass is 16.7. The van der Waals surface area contributed by atoms with Crippen LogP contribution >= 0.6 is 0 Å². The van der Waals surface area contributed by atoms with Crippen LogP contribution in [0.25, 0.3) is 0 Å². The zero-order valence-corrected chi connectivity index (χ0v) is 8.06. The molecule has 0 saturated carbocycles. The molecule has 1 aromatic carbocycles. The second-order valence-electron chi connectivity index (χ2n) is 4.06. The molecule has 0 aromatic heterocycles. The van der Waals surface area contributed by atoms with E-state index in [-0.39, 0.29) is 12.4 Å². The van der Waals surface area contributed by atoms with E-state index in [1.54, 1.807) is 0 Å². The molecule has 74 valence electrons. The number of hydrogen-bond donors (Lipinski definition) is 0. The molecule has 2 fully saturated rings. The van der Waals surface area contributed by atoms with E-state index in [0.29, 0.717) is 5.92 Å². The molecule has 0 unspecified atom stereocenters. The van der Waals surface area contributed by atoms with Crippen LogP contribution in [0.4, 0.5) is 0 Å². The molecule has 0 aliphatic carbocycles. The first kappa shape index (κ1) is 8.45. The number of ether oxygens (including phenoxy) is 2. The van der Waals surface area contributed by atoms with E-state index in [4.69, 9.17) is 9.47 Å². The molecular formula is C12H14O2. The van der Waals surface area contributed by atoms with Gasteiger partial charge in [-0.25, -0.2) is 0 Å². The summed E-state index contributed by atoms with van der Waals surface area (Å²) in [5.74, 6) is 0.625. The quantitative estimate of drug-likeness (QED) is 0.677. The second-order valence-corrected chi connectivity index (χ2v) is 4.06. The van der Waals surface area contributed by atoms with Crippen molar-refractivity contribution in [1.82, 2.24) is 0 Å². The third-order valence-corrected chi connectivity index (χ3v) is 3.14. The lowest BCUT2D eigenvalue weighted by Crippen LogP contribution is -2.09. The van der Waals surface area contributed by atoms with Crippen LogP contribution in [-0.4, -0.2) is 12.9 Å². The average molecular weight is 190 g/mol. The summed E-state index contributed by atoms with van der Waals surface area (Å²) in [4.78, 5) is 0. The maximum Gasteiger partial charge on any atom is 0.161 e. The van der Waals surface area contributed by atoms with Gasteiger partial charge in [-0.05, 0) is 18.4 Å². The van der Waals surface area contributed by atoms with E-state index in [1.165, 1.54) is 5.56 Å². The fraction of sp³-hybridized carbons (Fsp3) is 0.500. The molecule has 2 heteroatoms. The van der Waals surface area contributed by atoms with Crippen molar-refractivity contribution in [2.75, 3.05) is 6.61 Å². The van der Waals surface area contributed by atoms with Gasteiger partial charge in [0.25, 0.3) is 0 Å². The van der Waals surface area contributed by atoms with Crippen molar-refractivity contribution in [3.63, 3.8) is 0 Å². The van der Waals surface area contributed by atoms with Gasteiger partial charge in [0.2, 0.25) is 0 Å². The van der Waals surface area contributed by atoms with Gasteiger partial charge in [-0.2, -0.15) is 0 Å². The Labute approximate surface area is 83.8 Å². The number of benzene rings is 1. The zero-order chi connectivity index (χ0) is 9.38. The van der Waals surface area contributed by atoms with Crippen molar-refractivity contribution in [2.24, 2.45) is 5.92 Å². The molecule has 3 atom stereocenters. The summed E-state index contributed by atoms with van der Waals surface area (Å²) >= 11 is 0. The van der Waals surface area contributed by atoms with Gasteiger partial charge in [0, 0.05) is 5.92 Å². The highest BCUT2D eigenvalue weighted by Crippen LogP contribution is 2.41. The molecule has 2 aliphatic heterocycles. The molecule has 0 spiro atoms. The van der Waals surface area contributed by atoms with Gasteiger partial charge in [-0.1, -0.05) is 30.3 Å². The molecule has 2 aliphatic rings. The Hall–Kier alpha value is -0.860. The van der Waals surface area contributed by atoms with Gasteiger partial charge in [0.05, 0.1) is 12.7 Å². The molecule has 3 rings (SSSR count). The molecule has 0 bridgehead atoms. The fourth-order valence-corrected chi connectivity index (χ4v) is 2.36. The van der Waals surface area contributed by atoms with E-state index < -0.39 is 0 Å². The van der Waals surface area contributed by atoms with Gasteiger partial charge in [-0.3, -0.25) is 0 Å². The molecule has 2 heterocycles. The summed E-state index contributed by atoms with van der Waals surface area (Å²) < 4.78 is 11.4. The summed E-state index contributed by atoms with van der Waals surface area (Å²) in [6.45, 7) is 0.872. The Kier molecular flexibility index (Phi) is 2.03. The lowest BCUT2D eigenvalue weighted by atomic mass is 9.99. The molecule has 0 N–H and O–H groups in total. The molecule has 2 nitrogen and oxygen atoms in total. The van der Waals surface area contributed by atoms with Crippen LogP contribution in [-0.2, 0) is 9.47 Å². The molecule has 14 heavy (non-hydrogen) atoms. The van der Waals surface area contributed by atoms with Crippen LogP contribution in [0.15, 0.2) is 30.3 Å². The van der Waals surface area contributed by atoms with Crippen molar-refractivity contribution < 1.29 is 9.47 Å². The highest BCUT2D eigenvalue weighted by Gasteiger charge is 2.39. The van der Waals surface area contributed by atoms with Gasteiger partial charge in [0.15, 0.2) is 6.29 Å². The minimum absolute atomic E-state index is 0.0696. The topological polar surface area (TPSA) is 18.5 Å². The van der Waals surface area contributed by atoms with Crippen LogP contribution in [0.3, 0.4) is 0 Å². The van der Waals surface area contributed by atoms with Crippen LogP contribution < -0.4 is 0 Å². The smallest absolute Gasteiger partial charge is 0.161 e. The normalized spacial score (nSPS) is 35.9. The maximum atomic E-state index is 5.85. The van der Waals surface area contributed by atoms with Crippen molar-refractivity contribution in [2.45, 2.75) is 25.2 Å². The van der Waals surface area contributed by atoms with Gasteiger partial charge < -0.3 is 9.47 Å². The summed E-state index contributed by atoms with van der Waals surface area (Å²) in [7, 11) is 0. The summed E-state index contributed by atoms with van der Waals surface area (Å²) in [5.41, 5.74) is 1.28. The first-order chi connectivity index (χ1) is 6.93. The SMILES string of the molecule is c1ccc([C@H]2C[C@H]3CCO[C@H]3O2)cc1. The Balaban J connectivity index is 1.77. The molecule has 2 saturated heterocycles. The van der Waals surface area contributed by atoms with Crippen LogP contribution in [0.5, 0.6) is 0 Å². The van der Waals surface area contributed by atoms with Crippen LogP contribution in [0.2, 0.25) is 0 Å². The van der Waals surface area contributed by atoms with E-state index in [1.807, 2.05) is 6.07 Å². The van der Waals surface area contributed by atoms with Crippen molar-refractivity contribution >= 4 is 0 Å². The van der Waals surface area contributed by atoms with Crippen molar-refractivity contribution in [3.05, 3.63) is 35.9 Å². The fourth-order valence-electron chi connectivity index (χ4n) is 2.36. The first-order valence-corrected chi connectivity index (χ1v) is 5.25. The molecule has 0 amide bonds. The standard InChI is InChI=1S/C12H14O2/c1-2-4-9(5-3-1)11-8-10-6-7-13-12(10)14-11/h1-5,10-12H,6-8H2/t10-,11-,12+/m1/s1. The van der Waals surface area contributed by atoms with E-state index in [0.717, 1.165) is 19.4 Å². The molecule has 1 aromatic rings. The number of rotatable bonds is 1. The second kappa shape index (κ2) is 3.37. The van der Waals surface area contributed by atoms with E-state index >= 15 is 0 Å². The average Bonchev–Trinajstić information content (AvgIpc) is 2.78. The van der Waals surface area contributed by atoms with Crippen LogP contribution in [0.1, 0.15) is 24.5 Å². The maximum absolute atomic E-state index is 5.85. The minimum atomic E-state index is 0.0696. The third kappa shape index (κ3) is 1.35. The van der Waals surface area contributed by atoms with Gasteiger partial charge >= 0.3 is 0 Å². The lowest BCUT2D eigenvalue weighted by Gasteiger charge is -2.12. The zero-order valence-electron chi connectivity index (χ0n) is 8.06. The summed E-state index contributed by atoms with van der Waals surface area (Å²) in [6, 6.07) is 10.4. The minimum Gasteiger partial charge on any atom is -0.352 e. The Morgan fingerprint density at radius 1 is 1.14 bits per heavy atom. The predicted octanol–water partition coefficient (Wildman–Crippen LogP) is 2.51. The van der Waals surface area contributed by atoms with Crippen molar-refractivity contribution in [1.29, 1.82) is 0 Å². The molecular weight excluding hydrogens is 176 g/mol. The number of fused-ring (bicyclic) bond motifs is 1. The van der Waals surface area contributed by atoms with Crippen molar-refractivity contribution in [3.8, 4) is 0 Å². The highest BCUT2D eigenvalue weighted by molar-refractivity contribution is 5.18. The molecule has 0 radical (unpaired) electrons. The largest absolute Gasteiger partial charge is 0.352 e. The monoisotopic (exact) mass is 190 g/mol. The first-order valence-electron chi connectivity index (χ1n) is 5.25. The predicted molar refractivity (Wildman–Crippen MR) is 52.7 cm³/mol. The van der Waals surface area contributed by atoms with Gasteiger partial charge in [-0.15, -0.1) is 0 Å². The Morgan fingerprint density at radius 2 is 2.00 bits per heavy atom. The van der Waals surface area contributed by atoms with Crippen LogP contribution in [0, 0.1) is 5.92 Å². The van der Waals surface area contributed by atoms with Gasteiger partial charge in [0.1, 0.15) is 0 Å². The Bertz CT molecular complexity index is 297. The number of hydrogen-bond acceptors (Lipinski definition) is 2. The third-order valence-electron chi connectivity index (χ3n) is 3.14. The summed E-state index contributed by atoms with van der Waals surface area (Å²) in [6.07, 6.45) is 2.61. The lowest BCUT2D eigenvalue weighted by molar-refractivity contribution is -0.117. The van der Waals surface area contributed by atoms with E-state index in [2.05, 4.69) is 24.3 Å².